The highest BCUT2D eigenvalue weighted by Gasteiger charge is 2.30. The molecule has 24 heavy (non-hydrogen) atoms. The van der Waals surface area contributed by atoms with Crippen LogP contribution in [-0.2, 0) is 4.79 Å². The molecule has 0 radical (unpaired) electrons. The van der Waals surface area contributed by atoms with Crippen molar-refractivity contribution in [3.63, 3.8) is 0 Å². The predicted molar refractivity (Wildman–Crippen MR) is 89.3 cm³/mol. The molecular formula is C18H24FN3O2. The van der Waals surface area contributed by atoms with Gasteiger partial charge in [-0.2, -0.15) is 5.10 Å². The van der Waals surface area contributed by atoms with E-state index in [2.05, 4.69) is 10.1 Å². The summed E-state index contributed by atoms with van der Waals surface area (Å²) < 4.78 is 20.5. The number of rotatable bonds is 8. The summed E-state index contributed by atoms with van der Waals surface area (Å²) in [6.45, 7) is 6.12. The second kappa shape index (κ2) is 8.04. The fraction of sp³-hybridized carbons (Fsp3) is 0.500. The molecule has 0 N–H and O–H groups in total. The topological polar surface area (TPSA) is 57.0 Å². The number of nitrogens with zero attached hydrogens (tertiary/aromatic N) is 3. The SMILES string of the molecule is CC(C)(C)C(=O)C(CCCCOc1ccccc1F)n1cncn1. The first kappa shape index (κ1) is 18.1. The van der Waals surface area contributed by atoms with E-state index in [4.69, 9.17) is 4.74 Å². The number of hydrogen-bond donors (Lipinski definition) is 0. The van der Waals surface area contributed by atoms with Crippen LogP contribution in [0.25, 0.3) is 0 Å². The first-order valence-corrected chi connectivity index (χ1v) is 8.15. The van der Waals surface area contributed by atoms with Gasteiger partial charge in [-0.15, -0.1) is 0 Å². The van der Waals surface area contributed by atoms with Gasteiger partial charge in [-0.05, 0) is 31.4 Å². The van der Waals surface area contributed by atoms with Crippen molar-refractivity contribution in [2.24, 2.45) is 5.41 Å². The first-order valence-electron chi connectivity index (χ1n) is 8.15. The van der Waals surface area contributed by atoms with E-state index in [0.29, 0.717) is 13.0 Å². The lowest BCUT2D eigenvalue weighted by Gasteiger charge is -2.24. The molecule has 5 nitrogen and oxygen atoms in total. The van der Waals surface area contributed by atoms with Crippen molar-refractivity contribution >= 4 is 5.78 Å². The van der Waals surface area contributed by atoms with Gasteiger partial charge in [0.15, 0.2) is 17.3 Å². The molecule has 0 saturated carbocycles. The summed E-state index contributed by atoms with van der Waals surface area (Å²) in [5.41, 5.74) is -0.444. The van der Waals surface area contributed by atoms with Gasteiger partial charge >= 0.3 is 0 Å². The zero-order valence-electron chi connectivity index (χ0n) is 14.4. The van der Waals surface area contributed by atoms with Crippen LogP contribution in [0.2, 0.25) is 0 Å². The molecule has 0 saturated heterocycles. The number of halogens is 1. The molecule has 6 heteroatoms. The number of aromatic nitrogens is 3. The number of Topliss-reactive ketones (excluding diaryl/α,β-unsaturated/α-hetero) is 1. The van der Waals surface area contributed by atoms with Crippen molar-refractivity contribution in [3.05, 3.63) is 42.7 Å². The van der Waals surface area contributed by atoms with Crippen LogP contribution in [-0.4, -0.2) is 27.2 Å². The first-order chi connectivity index (χ1) is 11.4. The Morgan fingerprint density at radius 2 is 2.04 bits per heavy atom. The van der Waals surface area contributed by atoms with Crippen molar-refractivity contribution in [2.75, 3.05) is 6.61 Å². The number of ketones is 1. The summed E-state index contributed by atoms with van der Waals surface area (Å²) >= 11 is 0. The molecule has 0 amide bonds. The van der Waals surface area contributed by atoms with E-state index in [1.165, 1.54) is 12.4 Å². The smallest absolute Gasteiger partial charge is 0.165 e. The number of para-hydroxylation sites is 1. The maximum absolute atomic E-state index is 13.5. The summed E-state index contributed by atoms with van der Waals surface area (Å²) in [4.78, 5) is 16.6. The largest absolute Gasteiger partial charge is 0.491 e. The third-order valence-electron chi connectivity index (χ3n) is 3.76. The van der Waals surface area contributed by atoms with Crippen LogP contribution < -0.4 is 4.74 Å². The Labute approximate surface area is 141 Å². The van der Waals surface area contributed by atoms with E-state index in [1.54, 1.807) is 29.2 Å². The fourth-order valence-corrected chi connectivity index (χ4v) is 2.45. The average molecular weight is 333 g/mol. The Morgan fingerprint density at radius 1 is 1.29 bits per heavy atom. The number of benzene rings is 1. The molecule has 2 aromatic rings. The molecule has 0 aliphatic heterocycles. The van der Waals surface area contributed by atoms with Crippen molar-refractivity contribution in [2.45, 2.75) is 46.1 Å². The highest BCUT2D eigenvalue weighted by Crippen LogP contribution is 2.26. The summed E-state index contributed by atoms with van der Waals surface area (Å²) in [5.74, 6) is 0.0278. The highest BCUT2D eigenvalue weighted by molar-refractivity contribution is 5.87. The molecule has 1 atom stereocenters. The van der Waals surface area contributed by atoms with Crippen LogP contribution in [0.5, 0.6) is 5.75 Å². The van der Waals surface area contributed by atoms with Gasteiger partial charge in [-0.1, -0.05) is 32.9 Å². The number of hydrogen-bond acceptors (Lipinski definition) is 4. The minimum Gasteiger partial charge on any atom is -0.491 e. The van der Waals surface area contributed by atoms with Gasteiger partial charge in [0.2, 0.25) is 0 Å². The van der Waals surface area contributed by atoms with Gasteiger partial charge in [-0.3, -0.25) is 4.79 Å². The zero-order chi connectivity index (χ0) is 17.6. The molecule has 1 aromatic carbocycles. The standard InChI is InChI=1S/C18H24FN3O2/c1-18(2,3)17(23)15(22-13-20-12-21-22)9-6-7-11-24-16-10-5-4-8-14(16)19/h4-5,8,10,12-13,15H,6-7,9,11H2,1-3H3. The van der Waals surface area contributed by atoms with Gasteiger partial charge in [0.1, 0.15) is 18.7 Å². The Kier molecular flexibility index (Phi) is 6.06. The lowest BCUT2D eigenvalue weighted by Crippen LogP contribution is -2.31. The molecule has 130 valence electrons. The molecular weight excluding hydrogens is 309 g/mol. The third-order valence-corrected chi connectivity index (χ3v) is 3.76. The van der Waals surface area contributed by atoms with Crippen molar-refractivity contribution in [1.82, 2.24) is 14.8 Å². The maximum atomic E-state index is 13.5. The molecule has 0 aliphatic rings. The van der Waals surface area contributed by atoms with E-state index in [9.17, 15) is 9.18 Å². The number of unbranched alkanes of at least 4 members (excludes halogenated alkanes) is 1. The number of ether oxygens (including phenoxy) is 1. The van der Waals surface area contributed by atoms with Crippen LogP contribution >= 0.6 is 0 Å². The molecule has 1 heterocycles. The Balaban J connectivity index is 1.85. The molecule has 0 spiro atoms. The van der Waals surface area contributed by atoms with Crippen molar-refractivity contribution < 1.29 is 13.9 Å². The average Bonchev–Trinajstić information content (AvgIpc) is 3.05. The van der Waals surface area contributed by atoms with Crippen LogP contribution in [0.3, 0.4) is 0 Å². The summed E-state index contributed by atoms with van der Waals surface area (Å²) in [7, 11) is 0. The quantitative estimate of drug-likeness (QED) is 0.689. The van der Waals surface area contributed by atoms with Gasteiger partial charge in [0.05, 0.1) is 6.61 Å². The monoisotopic (exact) mass is 333 g/mol. The molecule has 0 fully saturated rings. The second-order valence-corrected chi connectivity index (χ2v) is 6.78. The molecule has 2 rings (SSSR count). The lowest BCUT2D eigenvalue weighted by atomic mass is 9.85. The number of carbonyl (C=O) groups is 1. The van der Waals surface area contributed by atoms with Crippen LogP contribution in [0.1, 0.15) is 46.1 Å². The van der Waals surface area contributed by atoms with Crippen molar-refractivity contribution in [3.8, 4) is 5.75 Å². The summed E-state index contributed by atoms with van der Waals surface area (Å²) in [6.07, 6.45) is 5.17. The van der Waals surface area contributed by atoms with E-state index >= 15 is 0 Å². The summed E-state index contributed by atoms with van der Waals surface area (Å²) in [5, 5.41) is 4.11. The van der Waals surface area contributed by atoms with Crippen LogP contribution in [0.4, 0.5) is 4.39 Å². The van der Waals surface area contributed by atoms with Crippen LogP contribution in [0.15, 0.2) is 36.9 Å². The Hall–Kier alpha value is -2.24. The minimum atomic E-state index is -0.444. The van der Waals surface area contributed by atoms with E-state index in [1.807, 2.05) is 20.8 Å². The fourth-order valence-electron chi connectivity index (χ4n) is 2.45. The highest BCUT2D eigenvalue weighted by atomic mass is 19.1. The van der Waals surface area contributed by atoms with E-state index in [0.717, 1.165) is 12.8 Å². The van der Waals surface area contributed by atoms with E-state index in [-0.39, 0.29) is 23.4 Å². The summed E-state index contributed by atoms with van der Waals surface area (Å²) in [6, 6.07) is 6.01. The van der Waals surface area contributed by atoms with Gasteiger partial charge < -0.3 is 4.74 Å². The number of carbonyl (C=O) groups excluding carboxylic acids is 1. The van der Waals surface area contributed by atoms with Crippen LogP contribution in [0, 0.1) is 11.2 Å². The normalized spacial score (nSPS) is 12.8. The molecule has 0 aliphatic carbocycles. The van der Waals surface area contributed by atoms with Gasteiger partial charge in [0, 0.05) is 5.41 Å². The van der Waals surface area contributed by atoms with Gasteiger partial charge in [0.25, 0.3) is 0 Å². The Morgan fingerprint density at radius 3 is 2.67 bits per heavy atom. The molecule has 1 aromatic heterocycles. The minimum absolute atomic E-state index is 0.128. The second-order valence-electron chi connectivity index (χ2n) is 6.78. The maximum Gasteiger partial charge on any atom is 0.165 e. The Bertz CT molecular complexity index is 651. The third kappa shape index (κ3) is 4.88. The van der Waals surface area contributed by atoms with Crippen molar-refractivity contribution in [1.29, 1.82) is 0 Å². The zero-order valence-corrected chi connectivity index (χ0v) is 14.4. The predicted octanol–water partition coefficient (Wildman–Crippen LogP) is 3.82. The molecule has 1 unspecified atom stereocenters. The van der Waals surface area contributed by atoms with Gasteiger partial charge in [-0.25, -0.2) is 14.1 Å². The lowest BCUT2D eigenvalue weighted by molar-refractivity contribution is -0.130. The molecule has 0 bridgehead atoms. The van der Waals surface area contributed by atoms with E-state index < -0.39 is 5.41 Å².